The van der Waals surface area contributed by atoms with Gasteiger partial charge in [0.25, 0.3) is 5.56 Å². The molecule has 2 aromatic carbocycles. The fourth-order valence-electron chi connectivity index (χ4n) is 3.59. The van der Waals surface area contributed by atoms with Crippen LogP contribution in [0, 0.1) is 13.8 Å². The Kier molecular flexibility index (Phi) is 6.60. The predicted octanol–water partition coefficient (Wildman–Crippen LogP) is 4.12. The highest BCUT2D eigenvalue weighted by Gasteiger charge is 2.15. The van der Waals surface area contributed by atoms with Crippen molar-refractivity contribution in [2.24, 2.45) is 0 Å². The second-order valence-electron chi connectivity index (χ2n) is 8.24. The maximum absolute atomic E-state index is 13.0. The highest BCUT2D eigenvalue weighted by Crippen LogP contribution is 2.23. The van der Waals surface area contributed by atoms with Crippen molar-refractivity contribution < 1.29 is 4.79 Å². The molecule has 0 radical (unpaired) electrons. The number of hydrogen-bond acceptors (Lipinski definition) is 6. The number of nitrogens with one attached hydrogen (secondary N) is 1. The summed E-state index contributed by atoms with van der Waals surface area (Å²) in [6.45, 7) is 7.97. The van der Waals surface area contributed by atoms with Crippen molar-refractivity contribution >= 4 is 34.3 Å². The molecule has 4 aromatic rings. The van der Waals surface area contributed by atoms with Crippen molar-refractivity contribution in [3.05, 3.63) is 75.8 Å². The summed E-state index contributed by atoms with van der Waals surface area (Å²) in [5.74, 6) is 0.312. The summed E-state index contributed by atoms with van der Waals surface area (Å²) < 4.78 is 3.22. The average molecular weight is 463 g/mol. The number of thioether (sulfide) groups is 1. The highest BCUT2D eigenvalue weighted by molar-refractivity contribution is 7.98. The van der Waals surface area contributed by atoms with Gasteiger partial charge >= 0.3 is 0 Å². The molecule has 1 N–H and O–H groups in total. The fraction of sp³-hybridized carbons (Fsp3) is 0.292. The van der Waals surface area contributed by atoms with E-state index in [2.05, 4.69) is 15.6 Å². The Morgan fingerprint density at radius 2 is 1.94 bits per heavy atom. The van der Waals surface area contributed by atoms with E-state index in [1.165, 1.54) is 16.4 Å². The number of fused-ring (bicyclic) bond motifs is 1. The molecule has 0 aliphatic rings. The van der Waals surface area contributed by atoms with Gasteiger partial charge in [0.05, 0.1) is 16.6 Å². The van der Waals surface area contributed by atoms with E-state index in [-0.39, 0.29) is 24.1 Å². The van der Waals surface area contributed by atoms with Crippen LogP contribution in [0.3, 0.4) is 0 Å². The molecular formula is C24H26N6O2S. The van der Waals surface area contributed by atoms with Crippen molar-refractivity contribution in [2.75, 3.05) is 5.32 Å². The zero-order valence-corrected chi connectivity index (χ0v) is 19.9. The lowest BCUT2D eigenvalue weighted by atomic mass is 10.1. The van der Waals surface area contributed by atoms with E-state index in [0.717, 1.165) is 16.8 Å². The predicted molar refractivity (Wildman–Crippen MR) is 131 cm³/mol. The van der Waals surface area contributed by atoms with Gasteiger partial charge in [-0.25, -0.2) is 9.67 Å². The molecule has 33 heavy (non-hydrogen) atoms. The topological polar surface area (TPSA) is 94.7 Å². The first-order valence-electron chi connectivity index (χ1n) is 10.7. The fourth-order valence-corrected chi connectivity index (χ4v) is 4.60. The number of anilines is 1. The van der Waals surface area contributed by atoms with E-state index in [1.807, 2.05) is 64.1 Å². The number of rotatable bonds is 7. The molecule has 0 fully saturated rings. The molecule has 0 aliphatic carbocycles. The van der Waals surface area contributed by atoms with Crippen LogP contribution in [0.1, 0.15) is 36.7 Å². The van der Waals surface area contributed by atoms with Crippen LogP contribution in [0.25, 0.3) is 10.9 Å². The maximum Gasteiger partial charge on any atom is 0.262 e. The number of para-hydroxylation sites is 1. The van der Waals surface area contributed by atoms with Crippen LogP contribution in [0.2, 0.25) is 0 Å². The van der Waals surface area contributed by atoms with E-state index in [9.17, 15) is 9.59 Å². The quantitative estimate of drug-likeness (QED) is 0.328. The van der Waals surface area contributed by atoms with Crippen LogP contribution < -0.4 is 10.9 Å². The molecule has 0 saturated carbocycles. The van der Waals surface area contributed by atoms with Crippen LogP contribution in [0.4, 0.5) is 5.69 Å². The smallest absolute Gasteiger partial charge is 0.262 e. The number of benzene rings is 2. The number of carbonyl (C=O) groups is 1. The third kappa shape index (κ3) is 5.14. The zero-order valence-electron chi connectivity index (χ0n) is 19.1. The van der Waals surface area contributed by atoms with Crippen LogP contribution >= 0.6 is 11.8 Å². The largest absolute Gasteiger partial charge is 0.324 e. The molecule has 0 spiro atoms. The number of amides is 1. The Labute approximate surface area is 196 Å². The molecule has 0 bridgehead atoms. The normalized spacial score (nSPS) is 11.3. The summed E-state index contributed by atoms with van der Waals surface area (Å²) in [7, 11) is 0. The molecular weight excluding hydrogens is 436 g/mol. The summed E-state index contributed by atoms with van der Waals surface area (Å²) in [5.41, 5.74) is 4.27. The number of aromatic nitrogens is 5. The summed E-state index contributed by atoms with van der Waals surface area (Å²) in [4.78, 5) is 30.1. The van der Waals surface area contributed by atoms with Crippen molar-refractivity contribution in [1.82, 2.24) is 24.5 Å². The highest BCUT2D eigenvalue weighted by atomic mass is 32.2. The third-order valence-electron chi connectivity index (χ3n) is 5.19. The lowest BCUT2D eigenvalue weighted by molar-refractivity contribution is -0.116. The van der Waals surface area contributed by atoms with Gasteiger partial charge in [-0.2, -0.15) is 0 Å². The van der Waals surface area contributed by atoms with E-state index in [1.54, 1.807) is 16.8 Å². The summed E-state index contributed by atoms with van der Waals surface area (Å²) in [6.07, 6.45) is 1.74. The van der Waals surface area contributed by atoms with Crippen LogP contribution in [-0.2, 0) is 17.1 Å². The number of aryl methyl sites for hydroxylation is 2. The van der Waals surface area contributed by atoms with Crippen molar-refractivity contribution in [3.8, 4) is 0 Å². The molecule has 8 nitrogen and oxygen atoms in total. The van der Waals surface area contributed by atoms with Crippen molar-refractivity contribution in [3.63, 3.8) is 0 Å². The van der Waals surface area contributed by atoms with Gasteiger partial charge in [-0.3, -0.25) is 14.2 Å². The van der Waals surface area contributed by atoms with Gasteiger partial charge in [0.15, 0.2) is 5.16 Å². The van der Waals surface area contributed by atoms with Crippen molar-refractivity contribution in [2.45, 2.75) is 51.2 Å². The number of nitrogens with zero attached hydrogens (tertiary/aromatic N) is 5. The Bertz CT molecular complexity index is 1380. The number of hydrogen-bond donors (Lipinski definition) is 1. The minimum absolute atomic E-state index is 0.0262. The Morgan fingerprint density at radius 1 is 1.15 bits per heavy atom. The lowest BCUT2D eigenvalue weighted by Crippen LogP contribution is -2.25. The van der Waals surface area contributed by atoms with Gasteiger partial charge in [0.1, 0.15) is 6.54 Å². The third-order valence-corrected chi connectivity index (χ3v) is 6.17. The van der Waals surface area contributed by atoms with Crippen molar-refractivity contribution in [1.29, 1.82) is 0 Å². The van der Waals surface area contributed by atoms with Crippen LogP contribution in [0.5, 0.6) is 0 Å². The first-order chi connectivity index (χ1) is 15.8. The van der Waals surface area contributed by atoms with Gasteiger partial charge in [-0.15, -0.1) is 5.10 Å². The minimum Gasteiger partial charge on any atom is -0.324 e. The first kappa shape index (κ1) is 22.7. The summed E-state index contributed by atoms with van der Waals surface area (Å²) in [5, 5.41) is 12.4. The Balaban J connectivity index is 1.45. The standard InChI is InChI=1S/C24H26N6O2S/c1-15(2)30-23(32)19-7-5-6-8-21(19)26-24(30)33-14-18-12-29(28-27-18)13-22(31)25-20-10-9-16(3)11-17(20)4/h5-12,15H,13-14H2,1-4H3,(H,25,31). The molecule has 1 amide bonds. The molecule has 0 aliphatic heterocycles. The van der Waals surface area contributed by atoms with Gasteiger partial charge in [-0.05, 0) is 51.5 Å². The first-order valence-corrected chi connectivity index (χ1v) is 11.7. The maximum atomic E-state index is 13.0. The van der Waals surface area contributed by atoms with Gasteiger partial charge in [0, 0.05) is 23.7 Å². The molecule has 170 valence electrons. The monoisotopic (exact) mass is 462 g/mol. The lowest BCUT2D eigenvalue weighted by Gasteiger charge is -2.15. The number of carbonyl (C=O) groups excluding carboxylic acids is 1. The van der Waals surface area contributed by atoms with Crippen LogP contribution in [-0.4, -0.2) is 30.5 Å². The van der Waals surface area contributed by atoms with Crippen LogP contribution in [0.15, 0.2) is 58.6 Å². The van der Waals surface area contributed by atoms with E-state index >= 15 is 0 Å². The van der Waals surface area contributed by atoms with Gasteiger partial charge < -0.3 is 5.32 Å². The van der Waals surface area contributed by atoms with E-state index < -0.39 is 0 Å². The molecule has 0 unspecified atom stereocenters. The molecule has 2 aromatic heterocycles. The molecule has 4 rings (SSSR count). The van der Waals surface area contributed by atoms with E-state index in [4.69, 9.17) is 4.98 Å². The zero-order chi connectivity index (χ0) is 23.5. The minimum atomic E-state index is -0.170. The molecule has 2 heterocycles. The van der Waals surface area contributed by atoms with Gasteiger partial charge in [0.2, 0.25) is 5.91 Å². The average Bonchev–Trinajstić information content (AvgIpc) is 3.21. The van der Waals surface area contributed by atoms with E-state index in [0.29, 0.717) is 27.5 Å². The second kappa shape index (κ2) is 9.58. The Hall–Kier alpha value is -3.46. The SMILES string of the molecule is Cc1ccc(NC(=O)Cn2cc(CSc3nc4ccccc4c(=O)n3C(C)C)nn2)c(C)c1. The summed E-state index contributed by atoms with van der Waals surface area (Å²) in [6, 6.07) is 13.2. The Morgan fingerprint density at radius 3 is 2.70 bits per heavy atom. The summed E-state index contributed by atoms with van der Waals surface area (Å²) >= 11 is 1.43. The second-order valence-corrected chi connectivity index (χ2v) is 9.19. The molecule has 0 saturated heterocycles. The molecule has 9 heteroatoms. The molecule has 0 atom stereocenters. The van der Waals surface area contributed by atoms with Gasteiger partial charge in [-0.1, -0.05) is 46.8 Å².